The van der Waals surface area contributed by atoms with E-state index < -0.39 is 0 Å². The van der Waals surface area contributed by atoms with Crippen molar-refractivity contribution in [3.8, 4) is 0 Å². The maximum absolute atomic E-state index is 4.12. The summed E-state index contributed by atoms with van der Waals surface area (Å²) in [4.78, 5) is 2.09. The van der Waals surface area contributed by atoms with Crippen LogP contribution in [0.25, 0.3) is 0 Å². The van der Waals surface area contributed by atoms with Crippen LogP contribution in [0.4, 0.5) is 0 Å². The Hall–Kier alpha value is -0.540. The van der Waals surface area contributed by atoms with E-state index in [0.717, 1.165) is 25.2 Å². The molecule has 1 unspecified atom stereocenters. The molecule has 0 aliphatic heterocycles. The van der Waals surface area contributed by atoms with Crippen LogP contribution < -0.4 is 10.6 Å². The number of likely N-dealkylation sites (N-methyl/N-ethyl adjacent to an activating group) is 1. The normalized spacial score (nSPS) is 12.9. The monoisotopic (exact) mass is 213 g/mol. The molecule has 15 heavy (non-hydrogen) atoms. The molecule has 0 aromatic rings. The lowest BCUT2D eigenvalue weighted by molar-refractivity contribution is 0.360. The topological polar surface area (TPSA) is 27.3 Å². The van der Waals surface area contributed by atoms with Crippen LogP contribution in [0.1, 0.15) is 20.3 Å². The van der Waals surface area contributed by atoms with E-state index in [1.54, 1.807) is 0 Å². The predicted octanol–water partition coefficient (Wildman–Crippen LogP) is 1.29. The highest BCUT2D eigenvalue weighted by molar-refractivity contribution is 5.04. The minimum Gasteiger partial charge on any atom is -0.380 e. The summed E-state index contributed by atoms with van der Waals surface area (Å²) in [5.41, 5.74) is 1.16. The van der Waals surface area contributed by atoms with Gasteiger partial charge in [-0.05, 0) is 32.5 Å². The molecule has 0 fully saturated rings. The molecular weight excluding hydrogens is 186 g/mol. The van der Waals surface area contributed by atoms with E-state index in [0.29, 0.717) is 12.0 Å². The lowest BCUT2D eigenvalue weighted by Gasteiger charge is -2.29. The fraction of sp³-hybridized carbons (Fsp3) is 0.833. The second-order valence-electron chi connectivity index (χ2n) is 4.52. The van der Waals surface area contributed by atoms with Crippen LogP contribution in [0.3, 0.4) is 0 Å². The fourth-order valence-corrected chi connectivity index (χ4v) is 1.54. The van der Waals surface area contributed by atoms with Crippen molar-refractivity contribution >= 4 is 0 Å². The van der Waals surface area contributed by atoms with Gasteiger partial charge in [0.1, 0.15) is 0 Å². The zero-order chi connectivity index (χ0) is 11.8. The Kier molecular flexibility index (Phi) is 7.44. The minimum absolute atomic E-state index is 0.386. The van der Waals surface area contributed by atoms with Gasteiger partial charge in [0.05, 0.1) is 0 Å². The highest BCUT2D eigenvalue weighted by Gasteiger charge is 2.16. The van der Waals surface area contributed by atoms with Crippen molar-refractivity contribution in [1.29, 1.82) is 0 Å². The van der Waals surface area contributed by atoms with Gasteiger partial charge in [0.2, 0.25) is 0 Å². The van der Waals surface area contributed by atoms with E-state index in [2.05, 4.69) is 36.0 Å². The van der Waals surface area contributed by atoms with Crippen molar-refractivity contribution in [1.82, 2.24) is 15.5 Å². The molecule has 0 heterocycles. The molecule has 0 saturated heterocycles. The van der Waals surface area contributed by atoms with E-state index in [1.165, 1.54) is 0 Å². The van der Waals surface area contributed by atoms with E-state index in [-0.39, 0.29) is 0 Å². The molecule has 0 aromatic carbocycles. The second-order valence-corrected chi connectivity index (χ2v) is 4.52. The zero-order valence-electron chi connectivity index (χ0n) is 10.9. The maximum atomic E-state index is 4.12. The fourth-order valence-electron chi connectivity index (χ4n) is 1.54. The molecule has 0 bridgehead atoms. The number of nitrogens with zero attached hydrogens (tertiary/aromatic N) is 1. The summed E-state index contributed by atoms with van der Waals surface area (Å²) >= 11 is 0. The lowest BCUT2D eigenvalue weighted by Crippen LogP contribution is -2.40. The molecule has 0 amide bonds. The van der Waals surface area contributed by atoms with Crippen LogP contribution in [-0.4, -0.2) is 45.2 Å². The molecule has 2 N–H and O–H groups in total. The third-order valence-corrected chi connectivity index (χ3v) is 2.57. The van der Waals surface area contributed by atoms with Gasteiger partial charge in [0.25, 0.3) is 0 Å². The third kappa shape index (κ3) is 5.80. The summed E-state index contributed by atoms with van der Waals surface area (Å²) in [6.45, 7) is 10.7. The smallest absolute Gasteiger partial charge is 0.0488 e. The largest absolute Gasteiger partial charge is 0.380 e. The SMILES string of the molecule is C=C(C(NCCCNC)C(C)C)N(C)C. The summed E-state index contributed by atoms with van der Waals surface area (Å²) in [6, 6.07) is 0.386. The molecule has 0 saturated carbocycles. The Labute approximate surface area is 94.9 Å². The molecule has 0 rings (SSSR count). The molecule has 0 spiro atoms. The van der Waals surface area contributed by atoms with Crippen LogP contribution in [0, 0.1) is 5.92 Å². The molecular formula is C12H27N3. The standard InChI is InChI=1S/C12H27N3/c1-10(2)12(11(3)15(5)6)14-9-7-8-13-4/h10,12-14H,3,7-9H2,1-2,4-6H3. The maximum Gasteiger partial charge on any atom is 0.0488 e. The molecule has 0 aliphatic carbocycles. The van der Waals surface area contributed by atoms with Gasteiger partial charge < -0.3 is 15.5 Å². The number of hydrogen-bond donors (Lipinski definition) is 2. The van der Waals surface area contributed by atoms with E-state index in [4.69, 9.17) is 0 Å². The molecule has 0 aliphatic rings. The Morgan fingerprint density at radius 1 is 1.27 bits per heavy atom. The first-order chi connectivity index (χ1) is 7.00. The number of hydrogen-bond acceptors (Lipinski definition) is 3. The van der Waals surface area contributed by atoms with Crippen LogP contribution in [0.5, 0.6) is 0 Å². The quantitative estimate of drug-likeness (QED) is 0.595. The molecule has 1 atom stereocenters. The summed E-state index contributed by atoms with van der Waals surface area (Å²) in [5.74, 6) is 0.578. The first-order valence-electron chi connectivity index (χ1n) is 5.74. The number of rotatable bonds is 8. The Balaban J connectivity index is 4.00. The Morgan fingerprint density at radius 2 is 1.87 bits per heavy atom. The van der Waals surface area contributed by atoms with Crippen LogP contribution in [0.2, 0.25) is 0 Å². The molecule has 90 valence electrons. The molecule has 3 heteroatoms. The van der Waals surface area contributed by atoms with Crippen molar-refractivity contribution in [3.63, 3.8) is 0 Å². The van der Waals surface area contributed by atoms with Gasteiger partial charge in [-0.1, -0.05) is 20.4 Å². The summed E-state index contributed by atoms with van der Waals surface area (Å²) in [5, 5.41) is 6.70. The predicted molar refractivity (Wildman–Crippen MR) is 68.0 cm³/mol. The van der Waals surface area contributed by atoms with Crippen molar-refractivity contribution in [3.05, 3.63) is 12.3 Å². The van der Waals surface area contributed by atoms with Gasteiger partial charge in [-0.15, -0.1) is 0 Å². The average molecular weight is 213 g/mol. The average Bonchev–Trinajstić information content (AvgIpc) is 2.16. The van der Waals surface area contributed by atoms with Crippen molar-refractivity contribution < 1.29 is 0 Å². The summed E-state index contributed by atoms with van der Waals surface area (Å²) in [7, 11) is 6.08. The highest BCUT2D eigenvalue weighted by atomic mass is 15.1. The van der Waals surface area contributed by atoms with E-state index in [9.17, 15) is 0 Å². The lowest BCUT2D eigenvalue weighted by atomic mass is 10.0. The second kappa shape index (κ2) is 7.71. The van der Waals surface area contributed by atoms with Gasteiger partial charge >= 0.3 is 0 Å². The van der Waals surface area contributed by atoms with E-state index in [1.807, 2.05) is 21.1 Å². The molecule has 0 aromatic heterocycles. The summed E-state index contributed by atoms with van der Waals surface area (Å²) in [6.07, 6.45) is 1.15. The van der Waals surface area contributed by atoms with Crippen LogP contribution >= 0.6 is 0 Å². The van der Waals surface area contributed by atoms with Crippen LogP contribution in [0.15, 0.2) is 12.3 Å². The molecule has 0 radical (unpaired) electrons. The number of nitrogens with one attached hydrogen (secondary N) is 2. The van der Waals surface area contributed by atoms with Crippen molar-refractivity contribution in [2.24, 2.45) is 5.92 Å². The highest BCUT2D eigenvalue weighted by Crippen LogP contribution is 2.12. The van der Waals surface area contributed by atoms with Gasteiger partial charge in [0, 0.05) is 25.8 Å². The third-order valence-electron chi connectivity index (χ3n) is 2.57. The van der Waals surface area contributed by atoms with Gasteiger partial charge in [-0.2, -0.15) is 0 Å². The van der Waals surface area contributed by atoms with E-state index >= 15 is 0 Å². The van der Waals surface area contributed by atoms with Gasteiger partial charge in [-0.25, -0.2) is 0 Å². The first kappa shape index (κ1) is 14.5. The van der Waals surface area contributed by atoms with Crippen LogP contribution in [-0.2, 0) is 0 Å². The van der Waals surface area contributed by atoms with Crippen molar-refractivity contribution in [2.45, 2.75) is 26.3 Å². The van der Waals surface area contributed by atoms with Crippen molar-refractivity contribution in [2.75, 3.05) is 34.2 Å². The Bertz CT molecular complexity index is 176. The minimum atomic E-state index is 0.386. The zero-order valence-corrected chi connectivity index (χ0v) is 10.9. The Morgan fingerprint density at radius 3 is 2.27 bits per heavy atom. The molecule has 3 nitrogen and oxygen atoms in total. The first-order valence-corrected chi connectivity index (χ1v) is 5.74. The van der Waals surface area contributed by atoms with Gasteiger partial charge in [0.15, 0.2) is 0 Å². The summed E-state index contributed by atoms with van der Waals surface area (Å²) < 4.78 is 0. The van der Waals surface area contributed by atoms with Gasteiger partial charge in [-0.3, -0.25) is 0 Å².